The van der Waals surface area contributed by atoms with E-state index in [9.17, 15) is 10.1 Å². The zero-order valence-electron chi connectivity index (χ0n) is 10.9. The van der Waals surface area contributed by atoms with Crippen LogP contribution in [0, 0.1) is 11.3 Å². The summed E-state index contributed by atoms with van der Waals surface area (Å²) < 4.78 is 6.88. The van der Waals surface area contributed by atoms with Crippen LogP contribution in [-0.2, 0) is 0 Å². The standard InChI is InChI=1S/C15H14N2O2/c1-3-19-14-10-17(11(2)18)15(13(14)9-16)12-7-5-4-6-8-12/h4-8,10H,3H2,1-2H3. The predicted molar refractivity (Wildman–Crippen MR) is 72.1 cm³/mol. The molecule has 2 aromatic rings. The third kappa shape index (κ3) is 2.36. The van der Waals surface area contributed by atoms with E-state index >= 15 is 0 Å². The number of rotatable bonds is 3. The molecule has 1 aromatic heterocycles. The third-order valence-corrected chi connectivity index (χ3v) is 2.77. The molecule has 0 radical (unpaired) electrons. The molecule has 0 atom stereocenters. The second kappa shape index (κ2) is 5.40. The van der Waals surface area contributed by atoms with E-state index in [0.29, 0.717) is 23.6 Å². The van der Waals surface area contributed by atoms with Gasteiger partial charge in [0.2, 0.25) is 5.91 Å². The minimum Gasteiger partial charge on any atom is -0.491 e. The van der Waals surface area contributed by atoms with Crippen molar-refractivity contribution in [2.45, 2.75) is 13.8 Å². The highest BCUT2D eigenvalue weighted by atomic mass is 16.5. The van der Waals surface area contributed by atoms with Crippen LogP contribution in [0.1, 0.15) is 24.2 Å². The van der Waals surface area contributed by atoms with Gasteiger partial charge >= 0.3 is 0 Å². The molecule has 2 rings (SSSR count). The maximum atomic E-state index is 11.7. The van der Waals surface area contributed by atoms with Crippen LogP contribution in [-0.4, -0.2) is 17.1 Å². The zero-order valence-corrected chi connectivity index (χ0v) is 10.9. The predicted octanol–water partition coefficient (Wildman–Crippen LogP) is 3.09. The largest absolute Gasteiger partial charge is 0.491 e. The molecule has 0 fully saturated rings. The lowest BCUT2D eigenvalue weighted by Crippen LogP contribution is -2.06. The van der Waals surface area contributed by atoms with Crippen molar-refractivity contribution in [2.24, 2.45) is 0 Å². The minimum atomic E-state index is -0.152. The Balaban J connectivity index is 2.70. The van der Waals surface area contributed by atoms with Gasteiger partial charge in [-0.25, -0.2) is 0 Å². The number of nitrogens with zero attached hydrogens (tertiary/aromatic N) is 2. The van der Waals surface area contributed by atoms with Gasteiger partial charge in [-0.2, -0.15) is 5.26 Å². The van der Waals surface area contributed by atoms with Gasteiger partial charge in [0.05, 0.1) is 18.5 Å². The lowest BCUT2D eigenvalue weighted by Gasteiger charge is -2.05. The molecule has 1 heterocycles. The molecular weight excluding hydrogens is 240 g/mol. The molecule has 4 heteroatoms. The van der Waals surface area contributed by atoms with Gasteiger partial charge in [-0.15, -0.1) is 0 Å². The fourth-order valence-corrected chi connectivity index (χ4v) is 1.98. The van der Waals surface area contributed by atoms with Gasteiger partial charge in [0.25, 0.3) is 0 Å². The fourth-order valence-electron chi connectivity index (χ4n) is 1.98. The molecule has 0 saturated heterocycles. The molecule has 0 N–H and O–H groups in total. The molecule has 4 nitrogen and oxygen atoms in total. The van der Waals surface area contributed by atoms with E-state index < -0.39 is 0 Å². The van der Waals surface area contributed by atoms with E-state index in [-0.39, 0.29) is 5.91 Å². The van der Waals surface area contributed by atoms with Crippen molar-refractivity contribution in [3.05, 3.63) is 42.1 Å². The molecule has 0 amide bonds. The quantitative estimate of drug-likeness (QED) is 0.845. The van der Waals surface area contributed by atoms with Gasteiger partial charge < -0.3 is 4.74 Å². The second-order valence-corrected chi connectivity index (χ2v) is 4.02. The summed E-state index contributed by atoms with van der Waals surface area (Å²) in [6.07, 6.45) is 1.58. The van der Waals surface area contributed by atoms with Crippen LogP contribution in [0.4, 0.5) is 0 Å². The summed E-state index contributed by atoms with van der Waals surface area (Å²) >= 11 is 0. The number of hydrogen-bond acceptors (Lipinski definition) is 3. The Morgan fingerprint density at radius 1 is 1.37 bits per heavy atom. The van der Waals surface area contributed by atoms with Gasteiger partial charge in [-0.1, -0.05) is 30.3 Å². The van der Waals surface area contributed by atoms with Crippen molar-refractivity contribution < 1.29 is 9.53 Å². The van der Waals surface area contributed by atoms with Crippen LogP contribution in [0.2, 0.25) is 0 Å². The van der Waals surface area contributed by atoms with Crippen LogP contribution in [0.3, 0.4) is 0 Å². The lowest BCUT2D eigenvalue weighted by molar-refractivity contribution is 0.0938. The first-order valence-corrected chi connectivity index (χ1v) is 6.03. The van der Waals surface area contributed by atoms with E-state index in [1.807, 2.05) is 37.3 Å². The summed E-state index contributed by atoms with van der Waals surface area (Å²) in [6.45, 7) is 3.75. The molecule has 0 unspecified atom stereocenters. The van der Waals surface area contributed by atoms with Crippen molar-refractivity contribution in [1.82, 2.24) is 4.57 Å². The normalized spacial score (nSPS) is 9.95. The van der Waals surface area contributed by atoms with Crippen LogP contribution in [0.25, 0.3) is 11.3 Å². The minimum absolute atomic E-state index is 0.152. The van der Waals surface area contributed by atoms with Crippen molar-refractivity contribution in [1.29, 1.82) is 5.26 Å². The first-order chi connectivity index (χ1) is 9.19. The highest BCUT2D eigenvalue weighted by Gasteiger charge is 2.20. The van der Waals surface area contributed by atoms with Gasteiger partial charge in [0.15, 0.2) is 5.75 Å². The van der Waals surface area contributed by atoms with E-state index in [2.05, 4.69) is 6.07 Å². The molecular formula is C15H14N2O2. The van der Waals surface area contributed by atoms with Crippen molar-refractivity contribution >= 4 is 5.91 Å². The summed E-state index contributed by atoms with van der Waals surface area (Å²) in [4.78, 5) is 11.7. The molecule has 0 bridgehead atoms. The van der Waals surface area contributed by atoms with Gasteiger partial charge in [-0.3, -0.25) is 9.36 Å². The Morgan fingerprint density at radius 3 is 2.58 bits per heavy atom. The number of carbonyl (C=O) groups excluding carboxylic acids is 1. The maximum Gasteiger partial charge on any atom is 0.228 e. The molecule has 19 heavy (non-hydrogen) atoms. The SMILES string of the molecule is CCOc1cn(C(C)=O)c(-c2ccccc2)c1C#N. The van der Waals surface area contributed by atoms with Crippen LogP contribution in [0.15, 0.2) is 36.5 Å². The number of benzene rings is 1. The van der Waals surface area contributed by atoms with Gasteiger partial charge in [-0.05, 0) is 6.92 Å². The van der Waals surface area contributed by atoms with Crippen LogP contribution >= 0.6 is 0 Å². The first-order valence-electron chi connectivity index (χ1n) is 6.03. The van der Waals surface area contributed by atoms with Crippen molar-refractivity contribution in [3.63, 3.8) is 0 Å². The van der Waals surface area contributed by atoms with Crippen LogP contribution < -0.4 is 4.74 Å². The van der Waals surface area contributed by atoms with Gasteiger partial charge in [0, 0.05) is 12.5 Å². The lowest BCUT2D eigenvalue weighted by atomic mass is 10.1. The number of aromatic nitrogens is 1. The number of nitriles is 1. The number of carbonyl (C=O) groups is 1. The Morgan fingerprint density at radius 2 is 2.05 bits per heavy atom. The second-order valence-electron chi connectivity index (χ2n) is 4.02. The summed E-state index contributed by atoms with van der Waals surface area (Å²) in [5, 5.41) is 9.33. The molecule has 0 aliphatic carbocycles. The Bertz CT molecular complexity index is 636. The van der Waals surface area contributed by atoms with E-state index in [4.69, 9.17) is 4.74 Å². The number of hydrogen-bond donors (Lipinski definition) is 0. The molecule has 0 aliphatic rings. The topological polar surface area (TPSA) is 55.0 Å². The number of ether oxygens (including phenoxy) is 1. The van der Waals surface area contributed by atoms with E-state index in [1.165, 1.54) is 11.5 Å². The molecule has 1 aromatic carbocycles. The Hall–Kier alpha value is -2.54. The van der Waals surface area contributed by atoms with Crippen molar-refractivity contribution in [2.75, 3.05) is 6.61 Å². The summed E-state index contributed by atoms with van der Waals surface area (Å²) in [5.74, 6) is 0.292. The summed E-state index contributed by atoms with van der Waals surface area (Å²) in [6, 6.07) is 11.5. The summed E-state index contributed by atoms with van der Waals surface area (Å²) in [7, 11) is 0. The first kappa shape index (κ1) is 12.9. The highest BCUT2D eigenvalue weighted by Crippen LogP contribution is 2.32. The average Bonchev–Trinajstić information content (AvgIpc) is 2.79. The summed E-state index contributed by atoms with van der Waals surface area (Å²) in [5.41, 5.74) is 1.79. The highest BCUT2D eigenvalue weighted by molar-refractivity contribution is 5.86. The zero-order chi connectivity index (χ0) is 13.8. The Labute approximate surface area is 111 Å². The third-order valence-electron chi connectivity index (χ3n) is 2.77. The average molecular weight is 254 g/mol. The fraction of sp³-hybridized carbons (Fsp3) is 0.200. The monoisotopic (exact) mass is 254 g/mol. The molecule has 96 valence electrons. The van der Waals surface area contributed by atoms with Crippen molar-refractivity contribution in [3.8, 4) is 23.1 Å². The van der Waals surface area contributed by atoms with Gasteiger partial charge in [0.1, 0.15) is 11.6 Å². The van der Waals surface area contributed by atoms with Crippen LogP contribution in [0.5, 0.6) is 5.75 Å². The smallest absolute Gasteiger partial charge is 0.228 e. The molecule has 0 aliphatic heterocycles. The Kier molecular flexibility index (Phi) is 3.67. The maximum absolute atomic E-state index is 11.7. The molecule has 0 spiro atoms. The molecule has 0 saturated carbocycles. The van der Waals surface area contributed by atoms with E-state index in [1.54, 1.807) is 6.20 Å². The van der Waals surface area contributed by atoms with E-state index in [0.717, 1.165) is 5.56 Å².